The summed E-state index contributed by atoms with van der Waals surface area (Å²) in [5.41, 5.74) is -0.535. The molecule has 11 heteroatoms. The van der Waals surface area contributed by atoms with Crippen molar-refractivity contribution in [3.63, 3.8) is 0 Å². The van der Waals surface area contributed by atoms with Gasteiger partial charge in [-0.15, -0.1) is 0 Å². The van der Waals surface area contributed by atoms with Gasteiger partial charge in [-0.2, -0.15) is 13.2 Å². The molecule has 36 heavy (non-hydrogen) atoms. The Hall–Kier alpha value is -3.47. The van der Waals surface area contributed by atoms with E-state index in [1.165, 1.54) is 24.3 Å². The molecular formula is C25H22F4N2O4S. The maximum Gasteiger partial charge on any atom is 0.416 e. The second-order valence-corrected chi connectivity index (χ2v) is 10.8. The Morgan fingerprint density at radius 3 is 2.42 bits per heavy atom. The molecule has 0 saturated carbocycles. The molecule has 4 rings (SSSR count). The summed E-state index contributed by atoms with van der Waals surface area (Å²) >= 11 is 0. The number of aromatic amines is 2. The summed E-state index contributed by atoms with van der Waals surface area (Å²) in [7, 11) is -3.56. The van der Waals surface area contributed by atoms with Crippen LogP contribution >= 0.6 is 0 Å². The smallest absolute Gasteiger partial charge is 0.311 e. The van der Waals surface area contributed by atoms with Crippen molar-refractivity contribution in [3.8, 4) is 0 Å². The second kappa shape index (κ2) is 9.53. The Morgan fingerprint density at radius 2 is 1.81 bits per heavy atom. The first kappa shape index (κ1) is 25.6. The normalized spacial score (nSPS) is 16.6. The fourth-order valence-electron chi connectivity index (χ4n) is 4.44. The van der Waals surface area contributed by atoms with E-state index in [-0.39, 0.29) is 33.9 Å². The van der Waals surface area contributed by atoms with Crippen LogP contribution in [0.25, 0.3) is 5.57 Å². The molecule has 1 aromatic heterocycles. The average Bonchev–Trinajstić information content (AvgIpc) is 2.80. The van der Waals surface area contributed by atoms with Crippen molar-refractivity contribution in [1.29, 1.82) is 0 Å². The quantitative estimate of drug-likeness (QED) is 0.480. The van der Waals surface area contributed by atoms with E-state index in [4.69, 9.17) is 0 Å². The maximum atomic E-state index is 14.6. The van der Waals surface area contributed by atoms with Gasteiger partial charge in [0.2, 0.25) is 0 Å². The van der Waals surface area contributed by atoms with Crippen molar-refractivity contribution < 1.29 is 26.0 Å². The molecule has 6 nitrogen and oxygen atoms in total. The van der Waals surface area contributed by atoms with Crippen LogP contribution in [0.4, 0.5) is 17.6 Å². The summed E-state index contributed by atoms with van der Waals surface area (Å²) in [5.74, 6) is -0.986. The van der Waals surface area contributed by atoms with Crippen LogP contribution in [0.1, 0.15) is 53.1 Å². The van der Waals surface area contributed by atoms with Gasteiger partial charge in [0.25, 0.3) is 5.56 Å². The highest BCUT2D eigenvalue weighted by Crippen LogP contribution is 2.37. The molecule has 2 N–H and O–H groups in total. The van der Waals surface area contributed by atoms with Gasteiger partial charge in [0, 0.05) is 35.4 Å². The molecule has 0 saturated heterocycles. The first-order valence-electron chi connectivity index (χ1n) is 11.0. The van der Waals surface area contributed by atoms with Crippen molar-refractivity contribution in [2.75, 3.05) is 6.26 Å². The number of sulfone groups is 1. The molecule has 1 unspecified atom stereocenters. The molecule has 2 aromatic carbocycles. The number of alkyl halides is 3. The van der Waals surface area contributed by atoms with Gasteiger partial charge < -0.3 is 4.98 Å². The number of allylic oxidation sites excluding steroid dienone is 2. The Balaban J connectivity index is 1.64. The Morgan fingerprint density at radius 1 is 1.06 bits per heavy atom. The highest BCUT2D eigenvalue weighted by molar-refractivity contribution is 7.90. The number of nitrogens with one attached hydrogen (secondary N) is 2. The standard InChI is InChI=1S/C25H22F4N2O4S/c1-36(34,35)18-9-10-19(21(26)13-18)15-5-7-16(8-6-15)22-20(23(32)31-24(33)30-22)12-14-3-2-4-17(11-14)25(27,28)29/h2-5,9-11,13,16H,6-8,12H2,1H3,(H2,30,31,32,33). The van der Waals surface area contributed by atoms with Gasteiger partial charge in [0.15, 0.2) is 9.84 Å². The lowest BCUT2D eigenvalue weighted by atomic mass is 9.82. The minimum absolute atomic E-state index is 0.111. The molecule has 1 aliphatic carbocycles. The summed E-state index contributed by atoms with van der Waals surface area (Å²) < 4.78 is 77.3. The van der Waals surface area contributed by atoms with Crippen molar-refractivity contribution in [2.45, 2.75) is 42.7 Å². The summed E-state index contributed by atoms with van der Waals surface area (Å²) in [6.07, 6.45) is -0.718. The monoisotopic (exact) mass is 522 g/mol. The van der Waals surface area contributed by atoms with Crippen LogP contribution < -0.4 is 11.2 Å². The van der Waals surface area contributed by atoms with E-state index in [0.717, 1.165) is 24.5 Å². The van der Waals surface area contributed by atoms with Crippen LogP contribution in [0.2, 0.25) is 0 Å². The molecular weight excluding hydrogens is 500 g/mol. The lowest BCUT2D eigenvalue weighted by Gasteiger charge is -2.24. The Kier molecular flexibility index (Phi) is 6.78. The highest BCUT2D eigenvalue weighted by Gasteiger charge is 2.31. The van der Waals surface area contributed by atoms with Crippen molar-refractivity contribution in [1.82, 2.24) is 9.97 Å². The number of hydrogen-bond donors (Lipinski definition) is 2. The van der Waals surface area contributed by atoms with E-state index in [1.54, 1.807) is 6.08 Å². The number of H-pyrrole nitrogens is 2. The SMILES string of the molecule is CS(=O)(=O)c1ccc(C2=CCC(c3[nH]c(=O)[nH]c(=O)c3Cc3cccc(C(F)(F)F)c3)CC2)c(F)c1. The third kappa shape index (κ3) is 5.51. The van der Waals surface area contributed by atoms with E-state index in [1.807, 2.05) is 0 Å². The minimum Gasteiger partial charge on any atom is -0.311 e. The van der Waals surface area contributed by atoms with Crippen molar-refractivity contribution >= 4 is 15.4 Å². The average molecular weight is 523 g/mol. The van der Waals surface area contributed by atoms with Crippen molar-refractivity contribution in [2.24, 2.45) is 0 Å². The summed E-state index contributed by atoms with van der Waals surface area (Å²) in [6.45, 7) is 0. The van der Waals surface area contributed by atoms with Crippen LogP contribution in [-0.2, 0) is 22.4 Å². The molecule has 190 valence electrons. The molecule has 0 fully saturated rings. The molecule has 1 aliphatic rings. The number of hydrogen-bond acceptors (Lipinski definition) is 4. The first-order valence-corrected chi connectivity index (χ1v) is 12.9. The summed E-state index contributed by atoms with van der Waals surface area (Å²) in [6, 6.07) is 8.36. The van der Waals surface area contributed by atoms with E-state index < -0.39 is 38.6 Å². The third-order valence-corrected chi connectivity index (χ3v) is 7.35. The molecule has 0 radical (unpaired) electrons. The first-order chi connectivity index (χ1) is 16.8. The molecule has 1 atom stereocenters. The third-order valence-electron chi connectivity index (χ3n) is 6.24. The molecule has 0 amide bonds. The fourth-order valence-corrected chi connectivity index (χ4v) is 5.08. The number of aromatic nitrogens is 2. The minimum atomic E-state index is -4.53. The number of benzene rings is 2. The highest BCUT2D eigenvalue weighted by atomic mass is 32.2. The van der Waals surface area contributed by atoms with Crippen molar-refractivity contribution in [3.05, 3.63) is 103 Å². The number of halogens is 4. The van der Waals surface area contributed by atoms with Crippen LogP contribution in [0, 0.1) is 5.82 Å². The topological polar surface area (TPSA) is 99.9 Å². The lowest BCUT2D eigenvalue weighted by Crippen LogP contribution is -2.30. The summed E-state index contributed by atoms with van der Waals surface area (Å²) in [5, 5.41) is 0. The Labute approximate surface area is 203 Å². The molecule has 0 aliphatic heterocycles. The molecule has 0 spiro atoms. The number of rotatable bonds is 5. The van der Waals surface area contributed by atoms with Gasteiger partial charge in [-0.1, -0.05) is 30.3 Å². The lowest BCUT2D eigenvalue weighted by molar-refractivity contribution is -0.137. The molecule has 0 bridgehead atoms. The maximum absolute atomic E-state index is 14.6. The van der Waals surface area contributed by atoms with Gasteiger partial charge in [0.05, 0.1) is 10.5 Å². The van der Waals surface area contributed by atoms with Crippen LogP contribution in [-0.4, -0.2) is 24.6 Å². The summed E-state index contributed by atoms with van der Waals surface area (Å²) in [4.78, 5) is 29.3. The van der Waals surface area contributed by atoms with Crippen LogP contribution in [0.3, 0.4) is 0 Å². The zero-order valence-electron chi connectivity index (χ0n) is 19.1. The predicted octanol–water partition coefficient (Wildman–Crippen LogP) is 4.57. The zero-order chi connectivity index (χ0) is 26.3. The van der Waals surface area contributed by atoms with Gasteiger partial charge in [0.1, 0.15) is 5.82 Å². The van der Waals surface area contributed by atoms with E-state index in [9.17, 15) is 35.6 Å². The predicted molar refractivity (Wildman–Crippen MR) is 126 cm³/mol. The van der Waals surface area contributed by atoms with Gasteiger partial charge in [-0.25, -0.2) is 17.6 Å². The van der Waals surface area contributed by atoms with E-state index in [0.29, 0.717) is 30.5 Å². The zero-order valence-corrected chi connectivity index (χ0v) is 19.9. The fraction of sp³-hybridized carbons (Fsp3) is 0.280. The van der Waals surface area contributed by atoms with Gasteiger partial charge >= 0.3 is 11.9 Å². The largest absolute Gasteiger partial charge is 0.416 e. The second-order valence-electron chi connectivity index (χ2n) is 8.79. The Bertz CT molecular complexity index is 1570. The van der Waals surface area contributed by atoms with Gasteiger partial charge in [-0.05, 0) is 48.6 Å². The van der Waals surface area contributed by atoms with Gasteiger partial charge in [-0.3, -0.25) is 9.78 Å². The molecule has 1 heterocycles. The van der Waals surface area contributed by atoms with Crippen LogP contribution in [0.15, 0.2) is 63.0 Å². The van der Waals surface area contributed by atoms with Crippen LogP contribution in [0.5, 0.6) is 0 Å². The van der Waals surface area contributed by atoms with E-state index in [2.05, 4.69) is 9.97 Å². The van der Waals surface area contributed by atoms with E-state index >= 15 is 0 Å². The molecule has 3 aromatic rings.